The molecule has 1 heterocycles. The van der Waals surface area contributed by atoms with E-state index in [9.17, 15) is 23.9 Å². The predicted molar refractivity (Wildman–Crippen MR) is 148 cm³/mol. The molecule has 2 unspecified atom stereocenters. The van der Waals surface area contributed by atoms with Gasteiger partial charge in [0.2, 0.25) is 0 Å². The first-order valence-corrected chi connectivity index (χ1v) is 14.3. The number of Topliss-reactive ketones (excluding diaryl/α,β-unsaturated/α-hetero) is 2. The molecule has 7 rings (SSSR count). The molecule has 0 saturated heterocycles. The summed E-state index contributed by atoms with van der Waals surface area (Å²) in [6.07, 6.45) is 4.97. The van der Waals surface area contributed by atoms with Gasteiger partial charge in [0.25, 0.3) is 0 Å². The number of rotatable bonds is 3. The van der Waals surface area contributed by atoms with Crippen molar-refractivity contribution in [2.24, 2.45) is 0 Å². The molecule has 2 aliphatic carbocycles. The number of allylic oxidation sites excluding steroid dienone is 1. The van der Waals surface area contributed by atoms with E-state index >= 15 is 0 Å². The maximum absolute atomic E-state index is 13.1. The molecule has 38 heavy (non-hydrogen) atoms. The molecule has 2 N–H and O–H groups in total. The molecule has 1 fully saturated rings. The Hall–Kier alpha value is -3.83. The Labute approximate surface area is 219 Å². The number of benzene rings is 4. The minimum absolute atomic E-state index is 0.0233. The van der Waals surface area contributed by atoms with Crippen LogP contribution in [0.15, 0.2) is 84.4 Å². The molecule has 0 spiro atoms. The zero-order valence-corrected chi connectivity index (χ0v) is 21.3. The quantitative estimate of drug-likeness (QED) is 0.198. The number of nitrogens with zero attached hydrogens (tertiary/aromatic N) is 1. The zero-order chi connectivity index (χ0) is 26.2. The van der Waals surface area contributed by atoms with Gasteiger partial charge in [0, 0.05) is 34.5 Å². The van der Waals surface area contributed by atoms with Crippen LogP contribution in [0.2, 0.25) is 0 Å². The van der Waals surface area contributed by atoms with E-state index in [4.69, 9.17) is 0 Å². The summed E-state index contributed by atoms with van der Waals surface area (Å²) in [6.45, 7) is 0. The summed E-state index contributed by atoms with van der Waals surface area (Å²) < 4.78 is 11.7. The van der Waals surface area contributed by atoms with Crippen molar-refractivity contribution in [1.82, 2.24) is 0 Å². The van der Waals surface area contributed by atoms with Crippen LogP contribution in [0.3, 0.4) is 0 Å². The molecule has 0 bridgehead atoms. The van der Waals surface area contributed by atoms with Gasteiger partial charge in [-0.05, 0) is 83.3 Å². The Morgan fingerprint density at radius 3 is 2.42 bits per heavy atom. The Kier molecular flexibility index (Phi) is 5.11. The molecule has 0 radical (unpaired) electrons. The summed E-state index contributed by atoms with van der Waals surface area (Å²) in [6, 6.07) is 25.1. The third kappa shape index (κ3) is 3.52. The highest BCUT2D eigenvalue weighted by Gasteiger charge is 2.42. The molecule has 0 aromatic heterocycles. The Bertz CT molecular complexity index is 1770. The summed E-state index contributed by atoms with van der Waals surface area (Å²) in [5, 5.41) is 2.15. The molecular formula is C31H24NO5P. The lowest BCUT2D eigenvalue weighted by atomic mass is 9.95. The normalized spacial score (nSPS) is 21.3. The molecule has 7 heteroatoms. The summed E-state index contributed by atoms with van der Waals surface area (Å²) in [5.74, 6) is -0.538. The standard InChI is InChI=1S/C31H24NO5P/c33-30-24-12-11-22(38(35,36)37)17-26(24)31(34)27(30)15-18-8-13-29-25(14-18)23-6-3-7-28(23)32(29)21-10-9-19-4-1-2-5-20(19)16-21/h1-2,4-5,8-17,23,28H,3,6-7H2,(H2,35,36,37)/b27-15-. The fourth-order valence-corrected chi connectivity index (χ4v) is 6.98. The Balaban J connectivity index is 1.27. The smallest absolute Gasteiger partial charge is 0.337 e. The highest BCUT2D eigenvalue weighted by atomic mass is 31.2. The predicted octanol–water partition coefficient (Wildman–Crippen LogP) is 5.89. The van der Waals surface area contributed by atoms with Gasteiger partial charge in [0.15, 0.2) is 11.6 Å². The fourth-order valence-electron chi connectivity index (χ4n) is 6.42. The highest BCUT2D eigenvalue weighted by Crippen LogP contribution is 2.52. The first-order chi connectivity index (χ1) is 18.3. The van der Waals surface area contributed by atoms with Gasteiger partial charge in [-0.25, -0.2) is 0 Å². The number of ketones is 2. The molecular weight excluding hydrogens is 497 g/mol. The van der Waals surface area contributed by atoms with Crippen LogP contribution in [0, 0.1) is 0 Å². The van der Waals surface area contributed by atoms with Gasteiger partial charge in [0.1, 0.15) is 0 Å². The van der Waals surface area contributed by atoms with Crippen molar-refractivity contribution in [3.8, 4) is 0 Å². The van der Waals surface area contributed by atoms with Crippen molar-refractivity contribution < 1.29 is 23.9 Å². The molecule has 1 saturated carbocycles. The van der Waals surface area contributed by atoms with Crippen molar-refractivity contribution in [3.63, 3.8) is 0 Å². The molecule has 188 valence electrons. The van der Waals surface area contributed by atoms with E-state index in [1.54, 1.807) is 6.08 Å². The van der Waals surface area contributed by atoms with Crippen molar-refractivity contribution in [3.05, 3.63) is 107 Å². The van der Waals surface area contributed by atoms with Crippen LogP contribution in [-0.4, -0.2) is 27.4 Å². The second kappa shape index (κ2) is 8.34. The summed E-state index contributed by atoms with van der Waals surface area (Å²) in [7, 11) is -4.54. The topological polar surface area (TPSA) is 94.9 Å². The Morgan fingerprint density at radius 1 is 0.816 bits per heavy atom. The molecule has 0 amide bonds. The molecule has 1 aliphatic heterocycles. The van der Waals surface area contributed by atoms with Crippen molar-refractivity contribution >= 4 is 52.7 Å². The third-order valence-electron chi connectivity index (χ3n) is 8.16. The zero-order valence-electron chi connectivity index (χ0n) is 20.4. The molecule has 4 aromatic rings. The van der Waals surface area contributed by atoms with Crippen molar-refractivity contribution in [2.45, 2.75) is 31.2 Å². The maximum Gasteiger partial charge on any atom is 0.356 e. The number of anilines is 2. The Morgan fingerprint density at radius 2 is 1.61 bits per heavy atom. The number of hydrogen-bond donors (Lipinski definition) is 2. The van der Waals surface area contributed by atoms with Gasteiger partial charge in [-0.3, -0.25) is 14.2 Å². The summed E-state index contributed by atoms with van der Waals surface area (Å²) >= 11 is 0. The molecule has 4 aromatic carbocycles. The van der Waals surface area contributed by atoms with Crippen LogP contribution >= 0.6 is 7.60 Å². The lowest BCUT2D eigenvalue weighted by Crippen LogP contribution is -2.26. The lowest BCUT2D eigenvalue weighted by Gasteiger charge is -2.27. The van der Waals surface area contributed by atoms with Crippen LogP contribution in [-0.2, 0) is 4.57 Å². The van der Waals surface area contributed by atoms with E-state index in [0.29, 0.717) is 12.0 Å². The fraction of sp³-hybridized carbons (Fsp3) is 0.161. The van der Waals surface area contributed by atoms with Gasteiger partial charge in [0.05, 0.1) is 10.9 Å². The van der Waals surface area contributed by atoms with Crippen LogP contribution in [0.5, 0.6) is 0 Å². The first-order valence-electron chi connectivity index (χ1n) is 12.7. The van der Waals surface area contributed by atoms with Crippen LogP contribution in [0.1, 0.15) is 57.0 Å². The van der Waals surface area contributed by atoms with E-state index < -0.39 is 19.2 Å². The van der Waals surface area contributed by atoms with Crippen LogP contribution in [0.25, 0.3) is 16.8 Å². The van der Waals surface area contributed by atoms with E-state index in [-0.39, 0.29) is 22.0 Å². The van der Waals surface area contributed by atoms with Crippen molar-refractivity contribution in [2.75, 3.05) is 4.90 Å². The second-order valence-electron chi connectivity index (χ2n) is 10.3. The van der Waals surface area contributed by atoms with Crippen LogP contribution < -0.4 is 10.2 Å². The van der Waals surface area contributed by atoms with Gasteiger partial charge in [-0.15, -0.1) is 0 Å². The number of carbonyl (C=O) groups is 2. The first kappa shape index (κ1) is 23.3. The van der Waals surface area contributed by atoms with E-state index in [2.05, 4.69) is 53.4 Å². The van der Waals surface area contributed by atoms with Gasteiger partial charge in [-0.1, -0.05) is 42.8 Å². The van der Waals surface area contributed by atoms with E-state index in [1.807, 2.05) is 12.1 Å². The number of hydrogen-bond acceptors (Lipinski definition) is 4. The average Bonchev–Trinajstić information content (AvgIpc) is 3.56. The lowest BCUT2D eigenvalue weighted by molar-refractivity contribution is 0.0990. The van der Waals surface area contributed by atoms with E-state index in [1.165, 1.54) is 34.2 Å². The van der Waals surface area contributed by atoms with Crippen LogP contribution in [0.4, 0.5) is 11.4 Å². The largest absolute Gasteiger partial charge is 0.356 e. The van der Waals surface area contributed by atoms with Crippen molar-refractivity contribution in [1.29, 1.82) is 0 Å². The molecule has 6 nitrogen and oxygen atoms in total. The molecule has 2 atom stereocenters. The summed E-state index contributed by atoms with van der Waals surface area (Å²) in [4.78, 5) is 47.6. The highest BCUT2D eigenvalue weighted by molar-refractivity contribution is 7.60. The second-order valence-corrected chi connectivity index (χ2v) is 11.9. The summed E-state index contributed by atoms with van der Waals surface area (Å²) in [5.41, 5.74) is 4.58. The SMILES string of the molecule is O=C1/C(=C/c2ccc3c(c2)C2CCCC2N3c2ccc3ccccc3c2)C(=O)c2cc(P(=O)(O)O)ccc21. The minimum Gasteiger partial charge on any atom is -0.337 e. The number of fused-ring (bicyclic) bond motifs is 5. The molecule has 3 aliphatic rings. The maximum atomic E-state index is 13.1. The average molecular weight is 522 g/mol. The van der Waals surface area contributed by atoms with Gasteiger partial charge in [-0.2, -0.15) is 0 Å². The van der Waals surface area contributed by atoms with Gasteiger partial charge < -0.3 is 14.7 Å². The number of carbonyl (C=O) groups excluding carboxylic acids is 2. The van der Waals surface area contributed by atoms with E-state index in [0.717, 1.165) is 36.6 Å². The monoisotopic (exact) mass is 521 g/mol. The van der Waals surface area contributed by atoms with Gasteiger partial charge >= 0.3 is 7.60 Å². The third-order valence-corrected chi connectivity index (χ3v) is 9.11. The minimum atomic E-state index is -4.54.